The summed E-state index contributed by atoms with van der Waals surface area (Å²) in [4.78, 5) is 12.2. The van der Waals surface area contributed by atoms with Crippen molar-refractivity contribution in [3.05, 3.63) is 48.0 Å². The Labute approximate surface area is 157 Å². The number of carbonyl (C=O) groups excluding carboxylic acids is 1. The SMILES string of the molecule is COc1cc(NC(=O)C=Cc2ccc(OCC#N)c(OC)c2)cc(OC)c1. The van der Waals surface area contributed by atoms with Gasteiger partial charge in [0.2, 0.25) is 5.91 Å². The molecule has 0 aliphatic rings. The van der Waals surface area contributed by atoms with Gasteiger partial charge in [-0.05, 0) is 23.8 Å². The molecule has 2 aromatic carbocycles. The van der Waals surface area contributed by atoms with Crippen molar-refractivity contribution >= 4 is 17.7 Å². The lowest BCUT2D eigenvalue weighted by Crippen LogP contribution is -2.08. The van der Waals surface area contributed by atoms with Gasteiger partial charge in [-0.2, -0.15) is 5.26 Å². The van der Waals surface area contributed by atoms with Crippen LogP contribution in [0.3, 0.4) is 0 Å². The van der Waals surface area contributed by atoms with E-state index in [2.05, 4.69) is 5.32 Å². The quantitative estimate of drug-likeness (QED) is 0.719. The minimum Gasteiger partial charge on any atom is -0.497 e. The van der Waals surface area contributed by atoms with E-state index < -0.39 is 0 Å². The number of amides is 1. The minimum atomic E-state index is -0.311. The van der Waals surface area contributed by atoms with Crippen LogP contribution in [0.1, 0.15) is 5.56 Å². The second-order valence-corrected chi connectivity index (χ2v) is 5.28. The molecule has 2 aromatic rings. The highest BCUT2D eigenvalue weighted by Crippen LogP contribution is 2.29. The summed E-state index contributed by atoms with van der Waals surface area (Å²) < 4.78 is 20.9. The molecule has 0 heterocycles. The van der Waals surface area contributed by atoms with Gasteiger partial charge < -0.3 is 24.3 Å². The Hall–Kier alpha value is -3.66. The summed E-state index contributed by atoms with van der Waals surface area (Å²) in [5, 5.41) is 11.3. The second kappa shape index (κ2) is 9.73. The summed E-state index contributed by atoms with van der Waals surface area (Å²) in [5.41, 5.74) is 1.30. The zero-order valence-corrected chi connectivity index (χ0v) is 15.3. The van der Waals surface area contributed by atoms with E-state index >= 15 is 0 Å². The van der Waals surface area contributed by atoms with E-state index in [4.69, 9.17) is 24.2 Å². The van der Waals surface area contributed by atoms with Crippen LogP contribution in [0.5, 0.6) is 23.0 Å². The van der Waals surface area contributed by atoms with Gasteiger partial charge >= 0.3 is 0 Å². The van der Waals surface area contributed by atoms with Crippen molar-refractivity contribution in [2.24, 2.45) is 0 Å². The van der Waals surface area contributed by atoms with Crippen molar-refractivity contribution in [1.82, 2.24) is 0 Å². The topological polar surface area (TPSA) is 89.8 Å². The standard InChI is InChI=1S/C20H20N2O5/c1-24-16-11-15(12-17(13-16)25-2)22-20(23)7-5-14-4-6-18(27-9-8-21)19(10-14)26-3/h4-7,10-13H,9H2,1-3H3,(H,22,23). The zero-order chi connectivity index (χ0) is 19.6. The highest BCUT2D eigenvalue weighted by Gasteiger charge is 2.06. The van der Waals surface area contributed by atoms with Gasteiger partial charge in [0, 0.05) is 30.0 Å². The van der Waals surface area contributed by atoms with E-state index in [9.17, 15) is 4.79 Å². The number of carbonyl (C=O) groups is 1. The smallest absolute Gasteiger partial charge is 0.248 e. The molecule has 0 unspecified atom stereocenters. The average Bonchev–Trinajstić information content (AvgIpc) is 2.70. The van der Waals surface area contributed by atoms with Gasteiger partial charge in [-0.25, -0.2) is 0 Å². The van der Waals surface area contributed by atoms with E-state index in [0.29, 0.717) is 28.7 Å². The fourth-order valence-electron chi connectivity index (χ4n) is 2.25. The third-order valence-electron chi connectivity index (χ3n) is 3.53. The molecule has 0 aromatic heterocycles. The molecule has 27 heavy (non-hydrogen) atoms. The van der Waals surface area contributed by atoms with Crippen LogP contribution < -0.4 is 24.3 Å². The Morgan fingerprint density at radius 2 is 1.74 bits per heavy atom. The molecule has 7 nitrogen and oxygen atoms in total. The molecule has 7 heteroatoms. The first-order chi connectivity index (χ1) is 13.1. The maximum Gasteiger partial charge on any atom is 0.248 e. The molecule has 1 amide bonds. The number of rotatable bonds is 8. The molecular formula is C20H20N2O5. The minimum absolute atomic E-state index is 0.0715. The largest absolute Gasteiger partial charge is 0.497 e. The fourth-order valence-corrected chi connectivity index (χ4v) is 2.25. The molecule has 0 saturated carbocycles. The number of methoxy groups -OCH3 is 3. The first kappa shape index (κ1) is 19.7. The molecular weight excluding hydrogens is 348 g/mol. The van der Waals surface area contributed by atoms with Gasteiger partial charge in [-0.3, -0.25) is 4.79 Å². The Morgan fingerprint density at radius 3 is 2.33 bits per heavy atom. The molecule has 0 spiro atoms. The Balaban J connectivity index is 2.09. The van der Waals surface area contributed by atoms with E-state index in [-0.39, 0.29) is 12.5 Å². The maximum atomic E-state index is 12.2. The molecule has 2 rings (SSSR count). The van der Waals surface area contributed by atoms with Crippen LogP contribution in [0, 0.1) is 11.3 Å². The number of nitrogens with zero attached hydrogens (tertiary/aromatic N) is 1. The van der Waals surface area contributed by atoms with Crippen molar-refractivity contribution in [2.75, 3.05) is 33.3 Å². The summed E-state index contributed by atoms with van der Waals surface area (Å²) in [5.74, 6) is 1.78. The van der Waals surface area contributed by atoms with Crippen LogP contribution in [0.2, 0.25) is 0 Å². The first-order valence-electron chi connectivity index (χ1n) is 7.99. The van der Waals surface area contributed by atoms with Crippen LogP contribution >= 0.6 is 0 Å². The van der Waals surface area contributed by atoms with Crippen molar-refractivity contribution < 1.29 is 23.7 Å². The van der Waals surface area contributed by atoms with Crippen molar-refractivity contribution in [3.8, 4) is 29.1 Å². The van der Waals surface area contributed by atoms with Crippen LogP contribution in [0.25, 0.3) is 6.08 Å². The second-order valence-electron chi connectivity index (χ2n) is 5.28. The number of benzene rings is 2. The van der Waals surface area contributed by atoms with Gasteiger partial charge in [-0.1, -0.05) is 6.07 Å². The lowest BCUT2D eigenvalue weighted by Gasteiger charge is -2.09. The van der Waals surface area contributed by atoms with Gasteiger partial charge in [0.1, 0.15) is 17.6 Å². The van der Waals surface area contributed by atoms with E-state index in [1.165, 1.54) is 27.4 Å². The first-order valence-corrected chi connectivity index (χ1v) is 7.99. The Bertz CT molecular complexity index is 849. The van der Waals surface area contributed by atoms with Gasteiger partial charge in [-0.15, -0.1) is 0 Å². The molecule has 0 bridgehead atoms. The third kappa shape index (κ3) is 5.68. The molecule has 0 saturated heterocycles. The predicted octanol–water partition coefficient (Wildman–Crippen LogP) is 3.27. The van der Waals surface area contributed by atoms with Crippen LogP contribution in [0.4, 0.5) is 5.69 Å². The van der Waals surface area contributed by atoms with E-state index in [1.807, 2.05) is 6.07 Å². The summed E-state index contributed by atoms with van der Waals surface area (Å²) in [6.07, 6.45) is 3.04. The highest BCUT2D eigenvalue weighted by molar-refractivity contribution is 6.02. The van der Waals surface area contributed by atoms with Crippen LogP contribution in [-0.4, -0.2) is 33.8 Å². The Kier molecular flexibility index (Phi) is 7.08. The third-order valence-corrected chi connectivity index (χ3v) is 3.53. The fraction of sp³-hybridized carbons (Fsp3) is 0.200. The number of anilines is 1. The molecule has 140 valence electrons. The van der Waals surface area contributed by atoms with Gasteiger partial charge in [0.05, 0.1) is 21.3 Å². The maximum absolute atomic E-state index is 12.2. The molecule has 1 N–H and O–H groups in total. The Morgan fingerprint density at radius 1 is 1.04 bits per heavy atom. The zero-order valence-electron chi connectivity index (χ0n) is 15.3. The summed E-state index contributed by atoms with van der Waals surface area (Å²) in [6.45, 7) is -0.0715. The number of hydrogen-bond acceptors (Lipinski definition) is 6. The van der Waals surface area contributed by atoms with Crippen LogP contribution in [0.15, 0.2) is 42.5 Å². The van der Waals surface area contributed by atoms with Gasteiger partial charge in [0.15, 0.2) is 18.1 Å². The lowest BCUT2D eigenvalue weighted by atomic mass is 10.2. The molecule has 0 atom stereocenters. The van der Waals surface area contributed by atoms with Crippen molar-refractivity contribution in [1.29, 1.82) is 5.26 Å². The van der Waals surface area contributed by atoms with Gasteiger partial charge in [0.25, 0.3) is 0 Å². The number of nitriles is 1. The summed E-state index contributed by atoms with van der Waals surface area (Å²) >= 11 is 0. The number of nitrogens with one attached hydrogen (secondary N) is 1. The number of hydrogen-bond donors (Lipinski definition) is 1. The average molecular weight is 368 g/mol. The summed E-state index contributed by atoms with van der Waals surface area (Å²) in [7, 11) is 4.58. The molecule has 0 radical (unpaired) electrons. The van der Waals surface area contributed by atoms with Crippen LogP contribution in [-0.2, 0) is 4.79 Å². The van der Waals surface area contributed by atoms with E-state index in [1.54, 1.807) is 42.5 Å². The van der Waals surface area contributed by atoms with Crippen molar-refractivity contribution in [3.63, 3.8) is 0 Å². The van der Waals surface area contributed by atoms with E-state index in [0.717, 1.165) is 5.56 Å². The molecule has 0 fully saturated rings. The monoisotopic (exact) mass is 368 g/mol. The van der Waals surface area contributed by atoms with Crippen molar-refractivity contribution in [2.45, 2.75) is 0 Å². The predicted molar refractivity (Wildman–Crippen MR) is 101 cm³/mol. The summed E-state index contributed by atoms with van der Waals surface area (Å²) in [6, 6.07) is 12.2. The lowest BCUT2D eigenvalue weighted by molar-refractivity contribution is -0.111. The molecule has 0 aliphatic heterocycles. The normalized spacial score (nSPS) is 10.1. The molecule has 0 aliphatic carbocycles. The highest BCUT2D eigenvalue weighted by atomic mass is 16.5. The number of ether oxygens (including phenoxy) is 4.